The van der Waals surface area contributed by atoms with Gasteiger partial charge in [0.05, 0.1) is 12.0 Å². The van der Waals surface area contributed by atoms with Crippen molar-refractivity contribution in [2.75, 3.05) is 0 Å². The maximum Gasteiger partial charge on any atom is 0.310 e. The Morgan fingerprint density at radius 1 is 1.20 bits per heavy atom. The van der Waals surface area contributed by atoms with E-state index in [1.165, 1.54) is 6.08 Å². The lowest BCUT2D eigenvalue weighted by molar-refractivity contribution is -0.208. The van der Waals surface area contributed by atoms with Crippen LogP contribution in [0.3, 0.4) is 0 Å². The molecule has 0 amide bonds. The quantitative estimate of drug-likeness (QED) is 0.623. The van der Waals surface area contributed by atoms with Crippen LogP contribution in [0.15, 0.2) is 11.6 Å². The molecule has 1 aliphatic heterocycles. The molecule has 4 rings (SSSR count). The van der Waals surface area contributed by atoms with Crippen molar-refractivity contribution in [3.63, 3.8) is 0 Å². The van der Waals surface area contributed by atoms with Crippen molar-refractivity contribution in [3.05, 3.63) is 11.6 Å². The van der Waals surface area contributed by atoms with E-state index in [4.69, 9.17) is 4.74 Å². The summed E-state index contributed by atoms with van der Waals surface area (Å²) in [7, 11) is 0. The van der Waals surface area contributed by atoms with Crippen molar-refractivity contribution in [2.45, 2.75) is 52.4 Å². The number of esters is 1. The van der Waals surface area contributed by atoms with Crippen molar-refractivity contribution < 1.29 is 29.3 Å². The van der Waals surface area contributed by atoms with E-state index in [1.807, 2.05) is 6.92 Å². The number of ether oxygens (including phenoxy) is 1. The Kier molecular flexibility index (Phi) is 3.24. The third kappa shape index (κ3) is 1.70. The minimum Gasteiger partial charge on any atom is -0.459 e. The zero-order chi connectivity index (χ0) is 18.5. The molecule has 0 aromatic carbocycles. The molecular weight excluding hydrogens is 324 g/mol. The summed E-state index contributed by atoms with van der Waals surface area (Å²) < 4.78 is 5.41. The highest BCUT2D eigenvalue weighted by Crippen LogP contribution is 2.66. The second-order valence-corrected chi connectivity index (χ2v) is 8.73. The van der Waals surface area contributed by atoms with Crippen LogP contribution in [0.25, 0.3) is 0 Å². The van der Waals surface area contributed by atoms with Gasteiger partial charge >= 0.3 is 5.97 Å². The molecule has 0 spiro atoms. The second-order valence-electron chi connectivity index (χ2n) is 8.73. The average Bonchev–Trinajstić information content (AvgIpc) is 2.78. The highest BCUT2D eigenvalue weighted by atomic mass is 16.6. The molecule has 6 heteroatoms. The Morgan fingerprint density at radius 3 is 2.48 bits per heavy atom. The van der Waals surface area contributed by atoms with E-state index in [9.17, 15) is 24.6 Å². The van der Waals surface area contributed by atoms with E-state index in [-0.39, 0.29) is 24.0 Å². The summed E-state index contributed by atoms with van der Waals surface area (Å²) in [4.78, 5) is 38.0. The topological polar surface area (TPSA) is 101 Å². The molecule has 1 heterocycles. The first-order chi connectivity index (χ1) is 11.6. The smallest absolute Gasteiger partial charge is 0.310 e. The molecule has 3 aliphatic carbocycles. The molecular formula is C19H24O6. The largest absolute Gasteiger partial charge is 0.459 e. The molecule has 2 N–H and O–H groups in total. The molecule has 3 fully saturated rings. The second kappa shape index (κ2) is 4.80. The normalized spacial score (nSPS) is 54.6. The number of rotatable bonds is 0. The number of aliphatic hydroxyl groups is 2. The maximum absolute atomic E-state index is 13.2. The standard InChI is InChI=1S/C19H24O6/c1-7-5-10(20)16(23)18(3)9(7)6-11(21)19(4)12-8(2)14(25-17(12)24)13(22)15(18)19/h5,8-9,12-16,22-23H,6H2,1-4H3/t8-,9+,12-,13+,14-,15-,16-,18+,19+/m0/s1. The third-order valence-corrected chi connectivity index (χ3v) is 7.71. The first kappa shape index (κ1) is 16.9. The van der Waals surface area contributed by atoms with Crippen LogP contribution in [0, 0.1) is 34.5 Å². The fourth-order valence-electron chi connectivity index (χ4n) is 6.55. The Balaban J connectivity index is 1.96. The Hall–Kier alpha value is -1.53. The van der Waals surface area contributed by atoms with Crippen molar-refractivity contribution in [1.82, 2.24) is 0 Å². The van der Waals surface area contributed by atoms with E-state index in [1.54, 1.807) is 20.8 Å². The van der Waals surface area contributed by atoms with Crippen molar-refractivity contribution in [3.8, 4) is 0 Å². The molecule has 2 bridgehead atoms. The summed E-state index contributed by atoms with van der Waals surface area (Å²) in [5.74, 6) is -2.93. The van der Waals surface area contributed by atoms with Gasteiger partial charge in [0, 0.05) is 29.1 Å². The Labute approximate surface area is 146 Å². The molecule has 4 aliphatic rings. The minimum atomic E-state index is -1.31. The lowest BCUT2D eigenvalue weighted by Gasteiger charge is -2.62. The summed E-state index contributed by atoms with van der Waals surface area (Å²) in [5.41, 5.74) is -1.41. The van der Waals surface area contributed by atoms with Gasteiger partial charge in [0.25, 0.3) is 0 Å². The molecule has 0 unspecified atom stereocenters. The van der Waals surface area contributed by atoms with Gasteiger partial charge in [0.1, 0.15) is 18.0 Å². The molecule has 1 saturated heterocycles. The van der Waals surface area contributed by atoms with Crippen molar-refractivity contribution in [2.24, 2.45) is 34.5 Å². The van der Waals surface area contributed by atoms with Gasteiger partial charge in [-0.1, -0.05) is 26.3 Å². The molecule has 6 nitrogen and oxygen atoms in total. The van der Waals surface area contributed by atoms with Crippen molar-refractivity contribution >= 4 is 17.5 Å². The summed E-state index contributed by atoms with van der Waals surface area (Å²) in [5, 5.41) is 21.9. The lowest BCUT2D eigenvalue weighted by atomic mass is 9.40. The SMILES string of the molecule is CC1=CC(=O)[C@H](O)[C@]2(C)[C@@H]1CC(=O)[C@]1(C)[C@@H]3C(=O)O[C@@H]([C@H]3C)[C@@H](O)[C@H]12. The predicted octanol–water partition coefficient (Wildman–Crippen LogP) is 0.646. The molecule has 0 aromatic rings. The highest BCUT2D eigenvalue weighted by molar-refractivity contribution is 5.98. The number of fused-ring (bicyclic) bond motifs is 6. The fraction of sp³-hybridized carbons (Fsp3) is 0.737. The van der Waals surface area contributed by atoms with Crippen LogP contribution in [0.2, 0.25) is 0 Å². The van der Waals surface area contributed by atoms with Crippen LogP contribution in [0.4, 0.5) is 0 Å². The van der Waals surface area contributed by atoms with E-state index in [0.29, 0.717) is 0 Å². The van der Waals surface area contributed by atoms with Gasteiger partial charge in [0.15, 0.2) is 5.78 Å². The molecule has 0 aromatic heterocycles. The monoisotopic (exact) mass is 348 g/mol. The first-order valence-corrected chi connectivity index (χ1v) is 8.88. The van der Waals surface area contributed by atoms with E-state index in [0.717, 1.165) is 5.57 Å². The van der Waals surface area contributed by atoms with Gasteiger partial charge in [0.2, 0.25) is 0 Å². The van der Waals surface area contributed by atoms with Crippen LogP contribution in [-0.2, 0) is 19.1 Å². The number of ketones is 2. The van der Waals surface area contributed by atoms with Gasteiger partial charge in [-0.25, -0.2) is 0 Å². The molecule has 25 heavy (non-hydrogen) atoms. The van der Waals surface area contributed by atoms with Crippen LogP contribution in [0.1, 0.15) is 34.1 Å². The number of carbonyl (C=O) groups excluding carboxylic acids is 3. The molecule has 2 saturated carbocycles. The molecule has 136 valence electrons. The third-order valence-electron chi connectivity index (χ3n) is 7.71. The Morgan fingerprint density at radius 2 is 1.84 bits per heavy atom. The summed E-state index contributed by atoms with van der Waals surface area (Å²) in [6.45, 7) is 7.09. The van der Waals surface area contributed by atoms with Crippen LogP contribution in [-0.4, -0.2) is 46.1 Å². The number of hydrogen-bond acceptors (Lipinski definition) is 6. The number of carbonyl (C=O) groups is 3. The van der Waals surface area contributed by atoms with Crippen LogP contribution >= 0.6 is 0 Å². The Bertz CT molecular complexity index is 725. The summed E-state index contributed by atoms with van der Waals surface area (Å²) >= 11 is 0. The number of allylic oxidation sites excluding steroid dienone is 1. The van der Waals surface area contributed by atoms with Crippen LogP contribution in [0.5, 0.6) is 0 Å². The lowest BCUT2D eigenvalue weighted by Crippen LogP contribution is -2.70. The average molecular weight is 348 g/mol. The number of hydrogen-bond donors (Lipinski definition) is 2. The van der Waals surface area contributed by atoms with E-state index < -0.39 is 52.7 Å². The highest BCUT2D eigenvalue weighted by Gasteiger charge is 2.74. The minimum absolute atomic E-state index is 0.0949. The zero-order valence-electron chi connectivity index (χ0n) is 14.9. The van der Waals surface area contributed by atoms with E-state index in [2.05, 4.69) is 0 Å². The van der Waals surface area contributed by atoms with Crippen LogP contribution < -0.4 is 0 Å². The summed E-state index contributed by atoms with van der Waals surface area (Å²) in [6.07, 6.45) is -1.54. The molecule has 0 radical (unpaired) electrons. The first-order valence-electron chi connectivity index (χ1n) is 8.88. The predicted molar refractivity (Wildman–Crippen MR) is 86.1 cm³/mol. The summed E-state index contributed by atoms with van der Waals surface area (Å²) in [6, 6.07) is 0. The number of aliphatic hydroxyl groups excluding tert-OH is 2. The van der Waals surface area contributed by atoms with Gasteiger partial charge in [-0.15, -0.1) is 0 Å². The number of Topliss-reactive ketones (excluding diaryl/α,β-unsaturated/α-hetero) is 1. The van der Waals surface area contributed by atoms with Gasteiger partial charge in [-0.3, -0.25) is 14.4 Å². The zero-order valence-corrected chi connectivity index (χ0v) is 14.9. The van der Waals surface area contributed by atoms with Gasteiger partial charge < -0.3 is 14.9 Å². The molecule has 9 atom stereocenters. The maximum atomic E-state index is 13.2. The van der Waals surface area contributed by atoms with E-state index >= 15 is 0 Å². The fourth-order valence-corrected chi connectivity index (χ4v) is 6.55. The van der Waals surface area contributed by atoms with Gasteiger partial charge in [-0.05, 0) is 18.9 Å². The van der Waals surface area contributed by atoms with Crippen molar-refractivity contribution in [1.29, 1.82) is 0 Å². The van der Waals surface area contributed by atoms with Gasteiger partial charge in [-0.2, -0.15) is 0 Å².